The number of H-pyrrole nitrogens is 1. The molecule has 3 rings (SSSR count). The summed E-state index contributed by atoms with van der Waals surface area (Å²) in [6.07, 6.45) is 1.06. The minimum atomic E-state index is -0.624. The predicted octanol–water partition coefficient (Wildman–Crippen LogP) is 0.910. The monoisotopic (exact) mass is 287 g/mol. The van der Waals surface area contributed by atoms with Gasteiger partial charge < -0.3 is 14.7 Å². The van der Waals surface area contributed by atoms with Crippen molar-refractivity contribution >= 4 is 5.91 Å². The number of carbonyl (C=O) groups is 1. The minimum Gasteiger partial charge on any atom is -0.389 e. The van der Waals surface area contributed by atoms with E-state index >= 15 is 0 Å². The number of β-amino-alcohol motifs (C(OH)–C–C–N with tert-alkyl or cyclic N) is 1. The van der Waals surface area contributed by atoms with Gasteiger partial charge in [-0.25, -0.2) is 0 Å². The van der Waals surface area contributed by atoms with Crippen molar-refractivity contribution in [3.8, 4) is 11.3 Å². The van der Waals surface area contributed by atoms with Crippen molar-refractivity contribution in [2.24, 2.45) is 0 Å². The summed E-state index contributed by atoms with van der Waals surface area (Å²) in [5.41, 5.74) is 2.49. The fraction of sp³-hybridized carbons (Fsp3) is 0.333. The van der Waals surface area contributed by atoms with E-state index in [4.69, 9.17) is 4.74 Å². The van der Waals surface area contributed by atoms with Crippen LogP contribution in [0, 0.1) is 0 Å². The van der Waals surface area contributed by atoms with Gasteiger partial charge in [0.1, 0.15) is 0 Å². The van der Waals surface area contributed by atoms with Crippen molar-refractivity contribution in [2.75, 3.05) is 26.3 Å². The summed E-state index contributed by atoms with van der Waals surface area (Å²) in [4.78, 5) is 14.1. The van der Waals surface area contributed by atoms with Crippen LogP contribution >= 0.6 is 0 Å². The van der Waals surface area contributed by atoms with Crippen LogP contribution in [-0.2, 0) is 4.74 Å². The van der Waals surface area contributed by atoms with Gasteiger partial charge in [0.15, 0.2) is 0 Å². The zero-order chi connectivity index (χ0) is 14.7. The number of aliphatic hydroxyl groups excluding tert-OH is 1. The van der Waals surface area contributed by atoms with E-state index in [-0.39, 0.29) is 12.5 Å². The molecule has 0 radical (unpaired) electrons. The maximum absolute atomic E-state index is 12.4. The van der Waals surface area contributed by atoms with Crippen molar-refractivity contribution < 1.29 is 14.6 Å². The van der Waals surface area contributed by atoms with Gasteiger partial charge in [0.25, 0.3) is 5.91 Å². The fourth-order valence-corrected chi connectivity index (χ4v) is 2.37. The Hall–Kier alpha value is -2.18. The van der Waals surface area contributed by atoms with Crippen molar-refractivity contribution in [2.45, 2.75) is 6.10 Å². The van der Waals surface area contributed by atoms with E-state index in [0.29, 0.717) is 25.3 Å². The number of benzene rings is 1. The number of aromatic nitrogens is 2. The van der Waals surface area contributed by atoms with Crippen molar-refractivity contribution in [3.05, 3.63) is 42.1 Å². The molecule has 0 bridgehead atoms. The molecule has 6 nitrogen and oxygen atoms in total. The lowest BCUT2D eigenvalue weighted by atomic mass is 10.1. The van der Waals surface area contributed by atoms with Gasteiger partial charge in [0, 0.05) is 24.8 Å². The Kier molecular flexibility index (Phi) is 3.98. The molecular formula is C15H17N3O3. The largest absolute Gasteiger partial charge is 0.389 e. The Morgan fingerprint density at radius 3 is 2.86 bits per heavy atom. The lowest BCUT2D eigenvalue weighted by Gasteiger charge is -2.21. The van der Waals surface area contributed by atoms with Crippen LogP contribution in [0.15, 0.2) is 36.5 Å². The number of ether oxygens (including phenoxy) is 1. The van der Waals surface area contributed by atoms with Gasteiger partial charge in [-0.2, -0.15) is 5.10 Å². The molecule has 1 atom stereocenters. The smallest absolute Gasteiger partial charge is 0.254 e. The molecule has 1 aromatic carbocycles. The molecule has 110 valence electrons. The molecule has 1 aromatic heterocycles. The number of nitrogens with zero attached hydrogens (tertiary/aromatic N) is 2. The van der Waals surface area contributed by atoms with Crippen molar-refractivity contribution in [3.63, 3.8) is 0 Å². The van der Waals surface area contributed by atoms with Gasteiger partial charge in [-0.1, -0.05) is 12.1 Å². The second kappa shape index (κ2) is 6.07. The number of hydrogen-bond donors (Lipinski definition) is 2. The first-order valence-corrected chi connectivity index (χ1v) is 6.89. The maximum atomic E-state index is 12.4. The summed E-state index contributed by atoms with van der Waals surface area (Å²) < 4.78 is 5.24. The number of carbonyl (C=O) groups excluding carboxylic acids is 1. The summed E-state index contributed by atoms with van der Waals surface area (Å²) in [7, 11) is 0. The summed E-state index contributed by atoms with van der Waals surface area (Å²) >= 11 is 0. The topological polar surface area (TPSA) is 78.5 Å². The molecule has 1 amide bonds. The quantitative estimate of drug-likeness (QED) is 0.860. The third kappa shape index (κ3) is 3.12. The molecule has 0 spiro atoms. The van der Waals surface area contributed by atoms with E-state index in [1.165, 1.54) is 0 Å². The zero-order valence-electron chi connectivity index (χ0n) is 11.5. The molecule has 0 aliphatic carbocycles. The van der Waals surface area contributed by atoms with E-state index in [1.54, 1.807) is 23.2 Å². The first-order valence-electron chi connectivity index (χ1n) is 6.89. The average molecular weight is 287 g/mol. The molecular weight excluding hydrogens is 270 g/mol. The molecule has 2 N–H and O–H groups in total. The Morgan fingerprint density at radius 2 is 2.14 bits per heavy atom. The molecule has 2 aromatic rings. The van der Waals surface area contributed by atoms with E-state index in [1.807, 2.05) is 18.2 Å². The van der Waals surface area contributed by atoms with Crippen molar-refractivity contribution in [1.29, 1.82) is 0 Å². The fourth-order valence-electron chi connectivity index (χ4n) is 2.37. The van der Waals surface area contributed by atoms with Gasteiger partial charge >= 0.3 is 0 Å². The van der Waals surface area contributed by atoms with E-state index in [0.717, 1.165) is 11.3 Å². The first-order chi connectivity index (χ1) is 10.2. The van der Waals surface area contributed by atoms with Crippen LogP contribution < -0.4 is 0 Å². The Bertz CT molecular complexity index is 595. The van der Waals surface area contributed by atoms with Gasteiger partial charge in [-0.05, 0) is 23.8 Å². The SMILES string of the molecule is O=C(c1ccc(-c2ccn[nH]2)cc1)N1CCOCC(O)C1. The van der Waals surface area contributed by atoms with Gasteiger partial charge in [0.2, 0.25) is 0 Å². The van der Waals surface area contributed by atoms with Crippen LogP contribution in [0.1, 0.15) is 10.4 Å². The minimum absolute atomic E-state index is 0.0873. The van der Waals surface area contributed by atoms with Gasteiger partial charge in [-0.15, -0.1) is 0 Å². The second-order valence-electron chi connectivity index (χ2n) is 5.03. The Labute approximate surface area is 122 Å². The number of hydrogen-bond acceptors (Lipinski definition) is 4. The van der Waals surface area contributed by atoms with Crippen LogP contribution in [0.2, 0.25) is 0 Å². The molecule has 1 aliphatic rings. The number of rotatable bonds is 2. The van der Waals surface area contributed by atoms with Gasteiger partial charge in [0.05, 0.1) is 25.0 Å². The highest BCUT2D eigenvalue weighted by atomic mass is 16.5. The third-order valence-corrected chi connectivity index (χ3v) is 3.48. The molecule has 6 heteroatoms. The normalized spacial score (nSPS) is 19.3. The molecule has 0 saturated carbocycles. The highest BCUT2D eigenvalue weighted by Gasteiger charge is 2.21. The lowest BCUT2D eigenvalue weighted by molar-refractivity contribution is 0.0534. The van der Waals surface area contributed by atoms with Crippen LogP contribution in [0.3, 0.4) is 0 Å². The summed E-state index contributed by atoms with van der Waals surface area (Å²) in [5, 5.41) is 16.5. The van der Waals surface area contributed by atoms with E-state index in [2.05, 4.69) is 10.2 Å². The van der Waals surface area contributed by atoms with Crippen LogP contribution in [-0.4, -0.2) is 58.5 Å². The van der Waals surface area contributed by atoms with Crippen LogP contribution in [0.4, 0.5) is 0 Å². The van der Waals surface area contributed by atoms with Crippen LogP contribution in [0.25, 0.3) is 11.3 Å². The van der Waals surface area contributed by atoms with Crippen molar-refractivity contribution in [1.82, 2.24) is 15.1 Å². The molecule has 1 unspecified atom stereocenters. The van der Waals surface area contributed by atoms with E-state index < -0.39 is 6.10 Å². The zero-order valence-corrected chi connectivity index (χ0v) is 11.5. The maximum Gasteiger partial charge on any atom is 0.254 e. The highest BCUT2D eigenvalue weighted by molar-refractivity contribution is 5.94. The molecule has 1 aliphatic heterocycles. The highest BCUT2D eigenvalue weighted by Crippen LogP contribution is 2.17. The molecule has 2 heterocycles. The molecule has 21 heavy (non-hydrogen) atoms. The van der Waals surface area contributed by atoms with Crippen LogP contribution in [0.5, 0.6) is 0 Å². The summed E-state index contributed by atoms with van der Waals surface area (Å²) in [5.74, 6) is -0.0873. The number of aliphatic hydroxyl groups is 1. The van der Waals surface area contributed by atoms with Gasteiger partial charge in [-0.3, -0.25) is 9.89 Å². The summed E-state index contributed by atoms with van der Waals surface area (Å²) in [6.45, 7) is 1.54. The van der Waals surface area contributed by atoms with E-state index in [9.17, 15) is 9.90 Å². The number of aromatic amines is 1. The summed E-state index contributed by atoms with van der Waals surface area (Å²) in [6, 6.07) is 9.21. The third-order valence-electron chi connectivity index (χ3n) is 3.48. The standard InChI is InChI=1S/C15H17N3O3/c19-13-9-18(7-8-21-10-13)15(20)12-3-1-11(2-4-12)14-5-6-16-17-14/h1-6,13,19H,7-10H2,(H,16,17). The first kappa shape index (κ1) is 13.8. The average Bonchev–Trinajstić information content (AvgIpc) is 2.96. The lowest BCUT2D eigenvalue weighted by Crippen LogP contribution is -2.37. The molecule has 1 fully saturated rings. The predicted molar refractivity (Wildman–Crippen MR) is 76.8 cm³/mol. The second-order valence-corrected chi connectivity index (χ2v) is 5.03. The number of amides is 1. The Morgan fingerprint density at radius 1 is 1.33 bits per heavy atom. The Balaban J connectivity index is 1.75. The number of nitrogens with one attached hydrogen (secondary N) is 1. The molecule has 1 saturated heterocycles.